The Morgan fingerprint density at radius 3 is 2.65 bits per heavy atom. The molecule has 0 saturated heterocycles. The lowest BCUT2D eigenvalue weighted by Crippen LogP contribution is -2.53. The molecule has 1 aromatic carbocycles. The van der Waals surface area contributed by atoms with Crippen molar-refractivity contribution >= 4 is 33.5 Å². The molecule has 0 saturated carbocycles. The number of nitrogens with two attached hydrogens (primary N) is 2. The summed E-state index contributed by atoms with van der Waals surface area (Å²) < 4.78 is 30.7. The molecule has 0 fully saturated rings. The molecule has 1 aromatic rings. The van der Waals surface area contributed by atoms with Crippen LogP contribution in [0.4, 0.5) is 5.69 Å². The van der Waals surface area contributed by atoms with E-state index >= 15 is 0 Å². The first-order valence-electron chi connectivity index (χ1n) is 4.40. The van der Waals surface area contributed by atoms with Gasteiger partial charge in [-0.25, -0.2) is 0 Å². The van der Waals surface area contributed by atoms with Gasteiger partial charge in [0.2, 0.25) is 4.99 Å². The van der Waals surface area contributed by atoms with Crippen LogP contribution in [0.3, 0.4) is 0 Å². The summed E-state index contributed by atoms with van der Waals surface area (Å²) in [4.78, 5) is 9.79. The average molecular weight is 275 g/mol. The molecule has 0 bridgehead atoms. The van der Waals surface area contributed by atoms with Crippen molar-refractivity contribution in [2.75, 3.05) is 5.32 Å². The zero-order valence-electron chi connectivity index (χ0n) is 8.38. The van der Waals surface area contributed by atoms with Gasteiger partial charge in [-0.2, -0.15) is 8.42 Å². The van der Waals surface area contributed by atoms with Crippen molar-refractivity contribution in [1.29, 1.82) is 0 Å². The summed E-state index contributed by atoms with van der Waals surface area (Å²) in [5, 5.41) is 2.68. The van der Waals surface area contributed by atoms with Gasteiger partial charge in [-0.15, -0.1) is 0 Å². The fourth-order valence-corrected chi connectivity index (χ4v) is 2.97. The second kappa shape index (κ2) is 3.60. The highest BCUT2D eigenvalue weighted by atomic mass is 32.2. The van der Waals surface area contributed by atoms with Gasteiger partial charge in [-0.05, 0) is 18.2 Å². The van der Waals surface area contributed by atoms with Gasteiger partial charge in [-0.1, -0.05) is 11.8 Å². The number of anilines is 1. The average Bonchev–Trinajstić information content (AvgIpc) is 2.52. The predicted molar refractivity (Wildman–Crippen MR) is 61.8 cm³/mol. The van der Waals surface area contributed by atoms with Crippen molar-refractivity contribution in [2.24, 2.45) is 11.5 Å². The van der Waals surface area contributed by atoms with Gasteiger partial charge < -0.3 is 11.1 Å². The second-order valence-corrected chi connectivity index (χ2v) is 6.17. The van der Waals surface area contributed by atoms with E-state index in [1.165, 1.54) is 18.2 Å². The van der Waals surface area contributed by atoms with Gasteiger partial charge in [0, 0.05) is 4.90 Å². The largest absolute Gasteiger partial charge is 0.366 e. The summed E-state index contributed by atoms with van der Waals surface area (Å²) in [5.74, 6) is -0.771. The zero-order chi connectivity index (χ0) is 12.8. The van der Waals surface area contributed by atoms with E-state index in [1.54, 1.807) is 0 Å². The Balaban J connectivity index is 2.45. The summed E-state index contributed by atoms with van der Waals surface area (Å²) >= 11 is 0.893. The summed E-state index contributed by atoms with van der Waals surface area (Å²) in [6, 6.07) is 3.83. The van der Waals surface area contributed by atoms with E-state index in [4.69, 9.17) is 16.0 Å². The first-order valence-corrected chi connectivity index (χ1v) is 6.65. The van der Waals surface area contributed by atoms with Gasteiger partial charge in [0.1, 0.15) is 0 Å². The number of rotatable bonds is 2. The van der Waals surface area contributed by atoms with Crippen LogP contribution in [-0.4, -0.2) is 23.9 Å². The number of fused-ring (bicyclic) bond motifs is 1. The van der Waals surface area contributed by atoms with E-state index in [0.29, 0.717) is 10.6 Å². The van der Waals surface area contributed by atoms with Gasteiger partial charge >= 0.3 is 0 Å². The fraction of sp³-hybridized carbons (Fsp3) is 0.125. The molecular weight excluding hydrogens is 266 g/mol. The molecule has 17 heavy (non-hydrogen) atoms. The van der Waals surface area contributed by atoms with Crippen molar-refractivity contribution in [2.45, 2.75) is 14.8 Å². The highest BCUT2D eigenvalue weighted by Crippen LogP contribution is 2.43. The Morgan fingerprint density at radius 2 is 2.12 bits per heavy atom. The third kappa shape index (κ3) is 2.09. The maximum Gasteiger partial charge on any atom is 0.294 e. The van der Waals surface area contributed by atoms with Crippen LogP contribution in [0.25, 0.3) is 0 Å². The van der Waals surface area contributed by atoms with Crippen LogP contribution in [-0.2, 0) is 14.9 Å². The van der Waals surface area contributed by atoms with Crippen molar-refractivity contribution in [3.05, 3.63) is 18.2 Å². The van der Waals surface area contributed by atoms with Crippen molar-refractivity contribution in [3.63, 3.8) is 0 Å². The van der Waals surface area contributed by atoms with Crippen molar-refractivity contribution in [3.8, 4) is 0 Å². The molecule has 7 nitrogen and oxygen atoms in total. The van der Waals surface area contributed by atoms with Crippen LogP contribution < -0.4 is 16.8 Å². The maximum atomic E-state index is 11.1. The lowest BCUT2D eigenvalue weighted by atomic mass is 10.3. The Kier molecular flexibility index (Phi) is 2.58. The van der Waals surface area contributed by atoms with E-state index in [-0.39, 0.29) is 4.90 Å². The third-order valence-electron chi connectivity index (χ3n) is 2.21. The number of thioether (sulfide) groups is 1. The molecule has 1 heterocycles. The van der Waals surface area contributed by atoms with E-state index in [2.05, 4.69) is 5.32 Å². The molecule has 1 aliphatic heterocycles. The van der Waals surface area contributed by atoms with Gasteiger partial charge in [0.25, 0.3) is 16.0 Å². The zero-order valence-corrected chi connectivity index (χ0v) is 10.0. The molecule has 1 atom stereocenters. The highest BCUT2D eigenvalue weighted by molar-refractivity contribution is 8.02. The van der Waals surface area contributed by atoms with Crippen LogP contribution in [0.5, 0.6) is 0 Å². The standard InChI is InChI=1S/C8H9N3O4S2/c9-7(12)8(10)11-5-2-1-4(17(13,14)15)3-6(5)16-8/h1-3,11H,10H2,(H2,9,12)(H,13,14,15)/t8-/m1/s1. The smallest absolute Gasteiger partial charge is 0.294 e. The number of hydrogen-bond donors (Lipinski definition) is 4. The number of primary amides is 1. The molecule has 0 aliphatic carbocycles. The van der Waals surface area contributed by atoms with E-state index in [9.17, 15) is 13.2 Å². The third-order valence-corrected chi connectivity index (χ3v) is 4.24. The van der Waals surface area contributed by atoms with Crippen LogP contribution >= 0.6 is 11.8 Å². The fourth-order valence-electron chi connectivity index (χ4n) is 1.36. The molecule has 0 aromatic heterocycles. The normalized spacial score (nSPS) is 22.9. The maximum absolute atomic E-state index is 11.1. The van der Waals surface area contributed by atoms with Crippen LogP contribution in [0.1, 0.15) is 0 Å². The van der Waals surface area contributed by atoms with Gasteiger partial charge in [-0.3, -0.25) is 15.1 Å². The summed E-state index contributed by atoms with van der Waals surface area (Å²) in [6.07, 6.45) is 0. The summed E-state index contributed by atoms with van der Waals surface area (Å²) in [6.45, 7) is 0. The second-order valence-electron chi connectivity index (χ2n) is 3.46. The number of carbonyl (C=O) groups excluding carboxylic acids is 1. The molecule has 0 unspecified atom stereocenters. The Bertz CT molecular complexity index is 601. The molecular formula is C8H9N3O4S2. The molecule has 0 spiro atoms. The van der Waals surface area contributed by atoms with Crippen LogP contribution in [0.2, 0.25) is 0 Å². The lowest BCUT2D eigenvalue weighted by Gasteiger charge is -2.18. The molecule has 1 aliphatic rings. The summed E-state index contributed by atoms with van der Waals surface area (Å²) in [5.41, 5.74) is 11.3. The van der Waals surface area contributed by atoms with Crippen molar-refractivity contribution in [1.82, 2.24) is 0 Å². The number of benzene rings is 1. The van der Waals surface area contributed by atoms with Crippen molar-refractivity contribution < 1.29 is 17.8 Å². The quantitative estimate of drug-likeness (QED) is 0.536. The minimum atomic E-state index is -4.28. The van der Waals surface area contributed by atoms with Crippen LogP contribution in [0.15, 0.2) is 28.0 Å². The molecule has 1 amide bonds. The predicted octanol–water partition coefficient (Wildman–Crippen LogP) is -0.451. The molecule has 2 rings (SSSR count). The topological polar surface area (TPSA) is 136 Å². The lowest BCUT2D eigenvalue weighted by molar-refractivity contribution is -0.119. The van der Waals surface area contributed by atoms with Gasteiger partial charge in [0.15, 0.2) is 0 Å². The summed E-state index contributed by atoms with van der Waals surface area (Å²) in [7, 11) is -4.28. The van der Waals surface area contributed by atoms with E-state index in [1.807, 2.05) is 0 Å². The van der Waals surface area contributed by atoms with Crippen LogP contribution in [0, 0.1) is 0 Å². The van der Waals surface area contributed by atoms with E-state index in [0.717, 1.165) is 11.8 Å². The first-order chi connectivity index (χ1) is 7.72. The minimum absolute atomic E-state index is 0.265. The SMILES string of the molecule is NC(=O)[C@@]1(N)Nc2ccc(S(=O)(=O)O)cc2S1. The minimum Gasteiger partial charge on any atom is -0.366 e. The number of carbonyl (C=O) groups is 1. The number of hydrogen-bond acceptors (Lipinski definition) is 6. The molecule has 92 valence electrons. The Morgan fingerprint density at radius 1 is 1.47 bits per heavy atom. The van der Waals surface area contributed by atoms with Gasteiger partial charge in [0.05, 0.1) is 10.6 Å². The Hall–Kier alpha value is -1.29. The number of amides is 1. The molecule has 0 radical (unpaired) electrons. The monoisotopic (exact) mass is 275 g/mol. The van der Waals surface area contributed by atoms with E-state index < -0.39 is 21.0 Å². The first kappa shape index (κ1) is 12.2. The molecule has 9 heteroatoms. The molecule has 6 N–H and O–H groups in total. The number of nitrogens with one attached hydrogen (secondary N) is 1. The Labute approximate surface area is 101 Å². The highest BCUT2D eigenvalue weighted by Gasteiger charge is 2.40.